The monoisotopic (exact) mass is 406 g/mol. The number of nitrogens with zero attached hydrogens (tertiary/aromatic N) is 3. The standard InChI is InChI=1S/C20H21F3N4O2/c1-10-3-17-15(24-20(10)25-18(28)7-12-5-13(21)6-12)4-11(2)27(17)9-14-8-16(19(22)23)26-29-14/h3-4,8,12-13,19H,5-7,9H2,1-2H3,(H,24,25,28). The lowest BCUT2D eigenvalue weighted by atomic mass is 9.81. The molecule has 1 N–H and O–H groups in total. The summed E-state index contributed by atoms with van der Waals surface area (Å²) in [7, 11) is 0. The Morgan fingerprint density at radius 1 is 1.31 bits per heavy atom. The smallest absolute Gasteiger partial charge is 0.283 e. The molecule has 9 heteroatoms. The largest absolute Gasteiger partial charge is 0.359 e. The first-order chi connectivity index (χ1) is 13.8. The molecule has 0 bridgehead atoms. The Morgan fingerprint density at radius 2 is 2.07 bits per heavy atom. The molecule has 4 rings (SSSR count). The average molecular weight is 406 g/mol. The SMILES string of the molecule is Cc1cc2c(cc(C)n2Cc2cc(C(F)F)no2)nc1NC(=O)CC1CC(F)C1. The van der Waals surface area contributed by atoms with Crippen LogP contribution in [0.2, 0.25) is 0 Å². The summed E-state index contributed by atoms with van der Waals surface area (Å²) in [6, 6.07) is 4.98. The predicted octanol–water partition coefficient (Wildman–Crippen LogP) is 4.70. The van der Waals surface area contributed by atoms with Gasteiger partial charge in [0.2, 0.25) is 5.91 Å². The molecule has 3 heterocycles. The second-order valence-corrected chi connectivity index (χ2v) is 7.64. The van der Waals surface area contributed by atoms with Crippen molar-refractivity contribution < 1.29 is 22.5 Å². The number of hydrogen-bond acceptors (Lipinski definition) is 4. The Morgan fingerprint density at radius 3 is 2.72 bits per heavy atom. The van der Waals surface area contributed by atoms with E-state index in [1.165, 1.54) is 6.07 Å². The van der Waals surface area contributed by atoms with Crippen LogP contribution in [0.5, 0.6) is 0 Å². The first kappa shape index (κ1) is 19.5. The molecule has 1 aliphatic rings. The fourth-order valence-corrected chi connectivity index (χ4v) is 3.67. The zero-order chi connectivity index (χ0) is 20.7. The van der Waals surface area contributed by atoms with E-state index in [4.69, 9.17) is 4.52 Å². The minimum Gasteiger partial charge on any atom is -0.359 e. The predicted molar refractivity (Wildman–Crippen MR) is 101 cm³/mol. The highest BCUT2D eigenvalue weighted by Gasteiger charge is 2.30. The van der Waals surface area contributed by atoms with Crippen LogP contribution in [0, 0.1) is 19.8 Å². The fourth-order valence-electron chi connectivity index (χ4n) is 3.67. The minimum atomic E-state index is -2.68. The Kier molecular flexibility index (Phi) is 5.06. The highest BCUT2D eigenvalue weighted by Crippen LogP contribution is 2.33. The second kappa shape index (κ2) is 7.53. The summed E-state index contributed by atoms with van der Waals surface area (Å²) in [6.45, 7) is 3.95. The van der Waals surface area contributed by atoms with Gasteiger partial charge in [-0.2, -0.15) is 0 Å². The van der Waals surface area contributed by atoms with E-state index in [0.29, 0.717) is 29.9 Å². The molecule has 0 aromatic carbocycles. The van der Waals surface area contributed by atoms with Gasteiger partial charge in [0.25, 0.3) is 6.43 Å². The van der Waals surface area contributed by atoms with Gasteiger partial charge in [0, 0.05) is 18.2 Å². The molecule has 3 aromatic rings. The number of alkyl halides is 3. The fraction of sp³-hybridized carbons (Fsp3) is 0.450. The zero-order valence-electron chi connectivity index (χ0n) is 16.1. The average Bonchev–Trinajstić information content (AvgIpc) is 3.20. The Labute approximate surface area is 165 Å². The molecule has 0 saturated heterocycles. The number of anilines is 1. The number of pyridine rings is 1. The van der Waals surface area contributed by atoms with Crippen molar-refractivity contribution in [3.63, 3.8) is 0 Å². The minimum absolute atomic E-state index is 0.0948. The van der Waals surface area contributed by atoms with Gasteiger partial charge in [-0.05, 0) is 50.3 Å². The van der Waals surface area contributed by atoms with Gasteiger partial charge in [0.1, 0.15) is 17.7 Å². The van der Waals surface area contributed by atoms with Gasteiger partial charge in [-0.3, -0.25) is 4.79 Å². The molecule has 29 heavy (non-hydrogen) atoms. The Bertz CT molecular complexity index is 1050. The van der Waals surface area contributed by atoms with Crippen LogP contribution in [0.1, 0.15) is 48.4 Å². The van der Waals surface area contributed by atoms with E-state index in [0.717, 1.165) is 16.8 Å². The molecular formula is C20H21F3N4O2. The number of amides is 1. The van der Waals surface area contributed by atoms with Crippen LogP contribution in [0.25, 0.3) is 11.0 Å². The molecule has 1 saturated carbocycles. The summed E-state index contributed by atoms with van der Waals surface area (Å²) >= 11 is 0. The highest BCUT2D eigenvalue weighted by atomic mass is 19.3. The van der Waals surface area contributed by atoms with Gasteiger partial charge in [-0.1, -0.05) is 5.16 Å². The molecular weight excluding hydrogens is 385 g/mol. The van der Waals surface area contributed by atoms with Crippen LogP contribution < -0.4 is 5.32 Å². The van der Waals surface area contributed by atoms with Crippen molar-refractivity contribution in [2.75, 3.05) is 5.32 Å². The van der Waals surface area contributed by atoms with Crippen LogP contribution >= 0.6 is 0 Å². The lowest BCUT2D eigenvalue weighted by Gasteiger charge is -2.28. The molecule has 154 valence electrons. The molecule has 0 radical (unpaired) electrons. The number of nitrogens with one attached hydrogen (secondary N) is 1. The van der Waals surface area contributed by atoms with E-state index >= 15 is 0 Å². The van der Waals surface area contributed by atoms with Crippen LogP contribution in [0.15, 0.2) is 22.7 Å². The van der Waals surface area contributed by atoms with Crippen molar-refractivity contribution in [1.29, 1.82) is 0 Å². The summed E-state index contributed by atoms with van der Waals surface area (Å²) in [5, 5.41) is 6.20. The third-order valence-corrected chi connectivity index (χ3v) is 5.31. The molecule has 0 spiro atoms. The van der Waals surface area contributed by atoms with Gasteiger partial charge in [0.05, 0.1) is 17.6 Å². The number of halogens is 3. The maximum Gasteiger partial charge on any atom is 0.283 e. The maximum absolute atomic E-state index is 12.9. The lowest BCUT2D eigenvalue weighted by molar-refractivity contribution is -0.118. The number of aryl methyl sites for hydroxylation is 2. The number of hydrogen-bond donors (Lipinski definition) is 1. The molecule has 3 aromatic heterocycles. The molecule has 0 aliphatic heterocycles. The van der Waals surface area contributed by atoms with Crippen molar-refractivity contribution in [3.05, 3.63) is 40.9 Å². The maximum atomic E-state index is 12.9. The van der Waals surface area contributed by atoms with Crippen LogP contribution in [0.3, 0.4) is 0 Å². The first-order valence-corrected chi connectivity index (χ1v) is 9.45. The van der Waals surface area contributed by atoms with E-state index < -0.39 is 12.6 Å². The number of aromatic nitrogens is 3. The summed E-state index contributed by atoms with van der Waals surface area (Å²) in [5.41, 5.74) is 2.72. The second-order valence-electron chi connectivity index (χ2n) is 7.64. The molecule has 0 unspecified atom stereocenters. The number of rotatable bonds is 6. The summed E-state index contributed by atoms with van der Waals surface area (Å²) < 4.78 is 45.3. The van der Waals surface area contributed by atoms with Crippen LogP contribution in [0.4, 0.5) is 19.0 Å². The van der Waals surface area contributed by atoms with Gasteiger partial charge in [-0.25, -0.2) is 18.2 Å². The molecule has 1 fully saturated rings. The van der Waals surface area contributed by atoms with Crippen molar-refractivity contribution >= 4 is 22.8 Å². The van der Waals surface area contributed by atoms with Crippen molar-refractivity contribution in [1.82, 2.24) is 14.7 Å². The zero-order valence-corrected chi connectivity index (χ0v) is 16.1. The third-order valence-electron chi connectivity index (χ3n) is 5.31. The summed E-state index contributed by atoms with van der Waals surface area (Å²) in [4.78, 5) is 16.8. The van der Waals surface area contributed by atoms with Gasteiger partial charge in [-0.15, -0.1) is 0 Å². The first-order valence-electron chi connectivity index (χ1n) is 9.45. The quantitative estimate of drug-likeness (QED) is 0.644. The molecule has 0 atom stereocenters. The lowest BCUT2D eigenvalue weighted by Crippen LogP contribution is -2.29. The molecule has 1 amide bonds. The third kappa shape index (κ3) is 3.99. The Balaban J connectivity index is 1.54. The van der Waals surface area contributed by atoms with Crippen molar-refractivity contribution in [3.8, 4) is 0 Å². The number of carbonyl (C=O) groups excluding carboxylic acids is 1. The van der Waals surface area contributed by atoms with E-state index in [-0.39, 0.29) is 30.5 Å². The van der Waals surface area contributed by atoms with E-state index in [2.05, 4.69) is 15.5 Å². The van der Waals surface area contributed by atoms with E-state index in [1.54, 1.807) is 0 Å². The number of fused-ring (bicyclic) bond motifs is 1. The van der Waals surface area contributed by atoms with Gasteiger partial charge >= 0.3 is 0 Å². The van der Waals surface area contributed by atoms with Crippen LogP contribution in [-0.4, -0.2) is 26.8 Å². The Hall–Kier alpha value is -2.84. The van der Waals surface area contributed by atoms with Crippen molar-refractivity contribution in [2.45, 2.75) is 52.3 Å². The van der Waals surface area contributed by atoms with E-state index in [1.807, 2.05) is 30.5 Å². The topological polar surface area (TPSA) is 73.0 Å². The normalized spacial score (nSPS) is 19.0. The van der Waals surface area contributed by atoms with Crippen LogP contribution in [-0.2, 0) is 11.3 Å². The molecule has 1 aliphatic carbocycles. The van der Waals surface area contributed by atoms with Gasteiger partial charge in [0.15, 0.2) is 5.76 Å². The highest BCUT2D eigenvalue weighted by molar-refractivity contribution is 5.92. The van der Waals surface area contributed by atoms with Gasteiger partial charge < -0.3 is 14.4 Å². The van der Waals surface area contributed by atoms with E-state index in [9.17, 15) is 18.0 Å². The molecule has 6 nitrogen and oxygen atoms in total. The van der Waals surface area contributed by atoms with Crippen molar-refractivity contribution in [2.24, 2.45) is 5.92 Å². The number of carbonyl (C=O) groups is 1. The summed E-state index contributed by atoms with van der Waals surface area (Å²) in [6.07, 6.45) is -2.29. The summed E-state index contributed by atoms with van der Waals surface area (Å²) in [5.74, 6) is 0.713.